The first-order valence-corrected chi connectivity index (χ1v) is 8.34. The summed E-state index contributed by atoms with van der Waals surface area (Å²) < 4.78 is 5.29. The number of ether oxygens (including phenoxy) is 1. The first kappa shape index (κ1) is 17.0. The van der Waals surface area contributed by atoms with E-state index in [4.69, 9.17) is 4.74 Å². The Morgan fingerprint density at radius 2 is 2.12 bits per heavy atom. The van der Waals surface area contributed by atoms with Gasteiger partial charge in [0.25, 0.3) is 5.91 Å². The van der Waals surface area contributed by atoms with E-state index in [1.165, 1.54) is 12.1 Å². The summed E-state index contributed by atoms with van der Waals surface area (Å²) in [5, 5.41) is 11.3. The van der Waals surface area contributed by atoms with Gasteiger partial charge in [-0.05, 0) is 49.9 Å². The van der Waals surface area contributed by atoms with Crippen molar-refractivity contribution in [2.24, 2.45) is 0 Å². The molecule has 0 saturated heterocycles. The molecule has 0 atom stereocenters. The summed E-state index contributed by atoms with van der Waals surface area (Å²) in [4.78, 5) is 25.5. The number of nitro benzene ring substituents is 1. The number of aryl methyl sites for hydroxylation is 2. The molecule has 130 valence electrons. The number of fused-ring (bicyclic) bond motifs is 1. The van der Waals surface area contributed by atoms with Crippen LogP contribution in [0.3, 0.4) is 0 Å². The zero-order valence-corrected chi connectivity index (χ0v) is 14.3. The number of benzene rings is 2. The molecule has 0 bridgehead atoms. The van der Waals surface area contributed by atoms with Gasteiger partial charge in [0.05, 0.1) is 17.2 Å². The summed E-state index contributed by atoms with van der Waals surface area (Å²) in [6.45, 7) is 4.67. The standard InChI is InChI=1S/C19H20N2O4/c1-3-25-17-10-9-15(12-16(17)21(23)24)19(22)20-11-5-8-14-7-4-6-13(2)18(14)20/h4,6-7,9-10,12H,3,5,8,11H2,1-2H3. The molecule has 0 radical (unpaired) electrons. The molecule has 0 N–H and O–H groups in total. The zero-order valence-electron chi connectivity index (χ0n) is 14.3. The molecule has 0 saturated carbocycles. The van der Waals surface area contributed by atoms with Crippen LogP contribution in [0.2, 0.25) is 0 Å². The Bertz CT molecular complexity index is 832. The van der Waals surface area contributed by atoms with E-state index in [1.807, 2.05) is 25.1 Å². The number of rotatable bonds is 4. The van der Waals surface area contributed by atoms with E-state index in [0.717, 1.165) is 29.7 Å². The molecule has 0 fully saturated rings. The molecule has 1 heterocycles. The summed E-state index contributed by atoms with van der Waals surface area (Å²) >= 11 is 0. The van der Waals surface area contributed by atoms with E-state index in [9.17, 15) is 14.9 Å². The van der Waals surface area contributed by atoms with Crippen LogP contribution in [0.4, 0.5) is 11.4 Å². The number of amides is 1. The maximum Gasteiger partial charge on any atom is 0.311 e. The molecule has 2 aromatic carbocycles. The maximum absolute atomic E-state index is 13.0. The fourth-order valence-electron chi connectivity index (χ4n) is 3.28. The van der Waals surface area contributed by atoms with Gasteiger partial charge in [0.15, 0.2) is 5.75 Å². The highest BCUT2D eigenvalue weighted by Gasteiger charge is 2.27. The Labute approximate surface area is 146 Å². The molecule has 0 spiro atoms. The van der Waals surface area contributed by atoms with Crippen LogP contribution in [0.1, 0.15) is 34.8 Å². The molecule has 1 aliphatic heterocycles. The van der Waals surface area contributed by atoms with Gasteiger partial charge in [0.1, 0.15) is 0 Å². The predicted molar refractivity (Wildman–Crippen MR) is 95.4 cm³/mol. The molecule has 25 heavy (non-hydrogen) atoms. The average molecular weight is 340 g/mol. The molecule has 1 amide bonds. The van der Waals surface area contributed by atoms with E-state index in [1.54, 1.807) is 17.9 Å². The Morgan fingerprint density at radius 1 is 1.32 bits per heavy atom. The van der Waals surface area contributed by atoms with Crippen molar-refractivity contribution in [3.8, 4) is 5.75 Å². The number of para-hydroxylation sites is 1. The first-order valence-electron chi connectivity index (χ1n) is 8.34. The minimum Gasteiger partial charge on any atom is -0.487 e. The van der Waals surface area contributed by atoms with Crippen LogP contribution in [-0.4, -0.2) is 24.0 Å². The zero-order chi connectivity index (χ0) is 18.0. The van der Waals surface area contributed by atoms with E-state index in [-0.39, 0.29) is 17.3 Å². The lowest BCUT2D eigenvalue weighted by molar-refractivity contribution is -0.385. The fraction of sp³-hybridized carbons (Fsp3) is 0.316. The molecule has 1 aliphatic rings. The summed E-state index contributed by atoms with van der Waals surface area (Å²) in [7, 11) is 0. The van der Waals surface area contributed by atoms with Crippen LogP contribution in [-0.2, 0) is 6.42 Å². The second kappa shape index (κ2) is 6.93. The van der Waals surface area contributed by atoms with Crippen molar-refractivity contribution in [1.29, 1.82) is 0 Å². The Morgan fingerprint density at radius 3 is 2.84 bits per heavy atom. The summed E-state index contributed by atoms with van der Waals surface area (Å²) in [6, 6.07) is 10.4. The highest BCUT2D eigenvalue weighted by Crippen LogP contribution is 2.33. The number of hydrogen-bond acceptors (Lipinski definition) is 4. The number of nitrogens with zero attached hydrogens (tertiary/aromatic N) is 2. The summed E-state index contributed by atoms with van der Waals surface area (Å²) in [5.74, 6) is -0.0410. The van der Waals surface area contributed by atoms with Crippen molar-refractivity contribution in [2.75, 3.05) is 18.1 Å². The van der Waals surface area contributed by atoms with Crippen molar-refractivity contribution in [1.82, 2.24) is 0 Å². The number of carbonyl (C=O) groups excluding carboxylic acids is 1. The Balaban J connectivity index is 2.00. The minimum absolute atomic E-state index is 0.180. The number of nitro groups is 1. The maximum atomic E-state index is 13.0. The second-order valence-electron chi connectivity index (χ2n) is 6.02. The van der Waals surface area contributed by atoms with Crippen molar-refractivity contribution < 1.29 is 14.5 Å². The van der Waals surface area contributed by atoms with Crippen molar-refractivity contribution >= 4 is 17.3 Å². The van der Waals surface area contributed by atoms with Crippen LogP contribution in [0, 0.1) is 17.0 Å². The summed E-state index contributed by atoms with van der Waals surface area (Å²) in [6.07, 6.45) is 1.81. The van der Waals surface area contributed by atoms with Gasteiger partial charge in [-0.25, -0.2) is 0 Å². The van der Waals surface area contributed by atoms with Crippen molar-refractivity contribution in [2.45, 2.75) is 26.7 Å². The third-order valence-corrected chi connectivity index (χ3v) is 4.37. The van der Waals surface area contributed by atoms with Gasteiger partial charge >= 0.3 is 5.69 Å². The van der Waals surface area contributed by atoms with Gasteiger partial charge in [0.2, 0.25) is 0 Å². The topological polar surface area (TPSA) is 72.7 Å². The van der Waals surface area contributed by atoms with Crippen LogP contribution < -0.4 is 9.64 Å². The van der Waals surface area contributed by atoms with Crippen LogP contribution >= 0.6 is 0 Å². The molecule has 0 aromatic heterocycles. The molecule has 6 nitrogen and oxygen atoms in total. The van der Waals surface area contributed by atoms with Gasteiger partial charge in [-0.15, -0.1) is 0 Å². The molecular formula is C19H20N2O4. The largest absolute Gasteiger partial charge is 0.487 e. The lowest BCUT2D eigenvalue weighted by atomic mass is 9.97. The predicted octanol–water partition coefficient (Wildman–Crippen LogP) is 3.89. The van der Waals surface area contributed by atoms with Crippen LogP contribution in [0.25, 0.3) is 0 Å². The number of carbonyl (C=O) groups is 1. The normalized spacial score (nSPS) is 13.3. The monoisotopic (exact) mass is 340 g/mol. The smallest absolute Gasteiger partial charge is 0.311 e. The van der Waals surface area contributed by atoms with E-state index >= 15 is 0 Å². The second-order valence-corrected chi connectivity index (χ2v) is 6.02. The van der Waals surface area contributed by atoms with Gasteiger partial charge in [-0.3, -0.25) is 14.9 Å². The Hall–Kier alpha value is -2.89. The quantitative estimate of drug-likeness (QED) is 0.625. The van der Waals surface area contributed by atoms with Crippen LogP contribution in [0.5, 0.6) is 5.75 Å². The van der Waals surface area contributed by atoms with E-state index in [2.05, 4.69) is 0 Å². The molecular weight excluding hydrogens is 320 g/mol. The van der Waals surface area contributed by atoms with Crippen molar-refractivity contribution in [3.63, 3.8) is 0 Å². The van der Waals surface area contributed by atoms with Crippen molar-refractivity contribution in [3.05, 3.63) is 63.2 Å². The molecule has 6 heteroatoms. The van der Waals surface area contributed by atoms with E-state index < -0.39 is 4.92 Å². The third kappa shape index (κ3) is 3.20. The van der Waals surface area contributed by atoms with Gasteiger partial charge in [-0.2, -0.15) is 0 Å². The molecule has 0 unspecified atom stereocenters. The lowest BCUT2D eigenvalue weighted by Crippen LogP contribution is -2.36. The highest BCUT2D eigenvalue weighted by atomic mass is 16.6. The molecule has 0 aliphatic carbocycles. The summed E-state index contributed by atoms with van der Waals surface area (Å²) in [5.41, 5.74) is 3.21. The average Bonchev–Trinajstić information content (AvgIpc) is 2.61. The van der Waals surface area contributed by atoms with Gasteiger partial charge in [-0.1, -0.05) is 18.2 Å². The lowest BCUT2D eigenvalue weighted by Gasteiger charge is -2.31. The first-order chi connectivity index (χ1) is 12.0. The molecule has 2 aromatic rings. The minimum atomic E-state index is -0.517. The highest BCUT2D eigenvalue weighted by molar-refractivity contribution is 6.07. The number of anilines is 1. The van der Waals surface area contributed by atoms with Gasteiger partial charge in [0, 0.05) is 18.2 Å². The molecule has 3 rings (SSSR count). The Kier molecular flexibility index (Phi) is 4.70. The third-order valence-electron chi connectivity index (χ3n) is 4.37. The van der Waals surface area contributed by atoms with Crippen LogP contribution in [0.15, 0.2) is 36.4 Å². The van der Waals surface area contributed by atoms with E-state index in [0.29, 0.717) is 18.7 Å². The van der Waals surface area contributed by atoms with Gasteiger partial charge < -0.3 is 9.64 Å². The number of hydrogen-bond donors (Lipinski definition) is 0. The SMILES string of the molecule is CCOc1ccc(C(=O)N2CCCc3cccc(C)c32)cc1[N+](=O)[O-]. The fourth-order valence-corrected chi connectivity index (χ4v) is 3.28.